The van der Waals surface area contributed by atoms with Crippen LogP contribution in [0, 0.1) is 0 Å². The minimum Gasteiger partial charge on any atom is -0.497 e. The molecule has 0 heterocycles. The second-order valence-electron chi connectivity index (χ2n) is 6.35. The van der Waals surface area contributed by atoms with Gasteiger partial charge in [0.25, 0.3) is 0 Å². The van der Waals surface area contributed by atoms with Crippen molar-refractivity contribution in [2.24, 2.45) is 0 Å². The SMILES string of the molecule is CCOC(CC)(Cc1ccc(OCC(=O)c2cccc(OC)c2)cc1)C(=O)O. The number of benzene rings is 2. The minimum atomic E-state index is -1.24. The number of ether oxygens (including phenoxy) is 3. The van der Waals surface area contributed by atoms with Crippen LogP contribution >= 0.6 is 0 Å². The second kappa shape index (κ2) is 9.90. The van der Waals surface area contributed by atoms with Crippen molar-refractivity contribution in [3.05, 3.63) is 59.7 Å². The molecule has 0 aliphatic carbocycles. The van der Waals surface area contributed by atoms with E-state index >= 15 is 0 Å². The lowest BCUT2D eigenvalue weighted by Gasteiger charge is -2.28. The Hall–Kier alpha value is -2.86. The standard InChI is InChI=1S/C22H26O6/c1-4-22(21(24)25,28-5-2)14-16-9-11-18(12-10-16)27-15-20(23)17-7-6-8-19(13-17)26-3/h6-13H,4-5,14-15H2,1-3H3,(H,24,25). The summed E-state index contributed by atoms with van der Waals surface area (Å²) in [7, 11) is 1.55. The number of hydrogen-bond donors (Lipinski definition) is 1. The summed E-state index contributed by atoms with van der Waals surface area (Å²) < 4.78 is 16.2. The van der Waals surface area contributed by atoms with Crippen molar-refractivity contribution >= 4 is 11.8 Å². The topological polar surface area (TPSA) is 82.1 Å². The van der Waals surface area contributed by atoms with E-state index in [4.69, 9.17) is 14.2 Å². The Bertz CT molecular complexity index is 799. The Morgan fingerprint density at radius 2 is 1.75 bits per heavy atom. The van der Waals surface area contributed by atoms with E-state index in [-0.39, 0.29) is 18.8 Å². The fourth-order valence-electron chi connectivity index (χ4n) is 2.90. The molecule has 0 spiro atoms. The largest absolute Gasteiger partial charge is 0.497 e. The number of carbonyl (C=O) groups excluding carboxylic acids is 1. The lowest BCUT2D eigenvalue weighted by molar-refractivity contribution is -0.166. The normalized spacial score (nSPS) is 12.8. The maximum Gasteiger partial charge on any atom is 0.336 e. The Morgan fingerprint density at radius 3 is 2.32 bits per heavy atom. The first-order chi connectivity index (χ1) is 13.4. The predicted octanol–water partition coefficient (Wildman–Crippen LogP) is 3.77. The lowest BCUT2D eigenvalue weighted by atomic mass is 9.91. The average molecular weight is 386 g/mol. The van der Waals surface area contributed by atoms with Gasteiger partial charge in [-0.3, -0.25) is 4.79 Å². The smallest absolute Gasteiger partial charge is 0.336 e. The summed E-state index contributed by atoms with van der Waals surface area (Å²) in [5.74, 6) is 0.0208. The van der Waals surface area contributed by atoms with Crippen LogP contribution in [0.3, 0.4) is 0 Å². The number of rotatable bonds is 11. The molecule has 0 amide bonds. The van der Waals surface area contributed by atoms with Gasteiger partial charge >= 0.3 is 5.97 Å². The third kappa shape index (κ3) is 5.33. The van der Waals surface area contributed by atoms with Gasteiger partial charge < -0.3 is 19.3 Å². The van der Waals surface area contributed by atoms with Crippen LogP contribution in [-0.4, -0.2) is 42.8 Å². The molecule has 2 aromatic carbocycles. The zero-order valence-corrected chi connectivity index (χ0v) is 16.4. The fraction of sp³-hybridized carbons (Fsp3) is 0.364. The molecule has 2 aromatic rings. The quantitative estimate of drug-likeness (QED) is 0.592. The van der Waals surface area contributed by atoms with Gasteiger partial charge in [-0.25, -0.2) is 4.79 Å². The molecular formula is C22H26O6. The monoisotopic (exact) mass is 386 g/mol. The van der Waals surface area contributed by atoms with Crippen molar-refractivity contribution in [2.45, 2.75) is 32.3 Å². The maximum absolute atomic E-state index is 12.3. The van der Waals surface area contributed by atoms with Gasteiger partial charge in [0.1, 0.15) is 11.5 Å². The van der Waals surface area contributed by atoms with Gasteiger partial charge in [-0.2, -0.15) is 0 Å². The number of aliphatic carboxylic acids is 1. The second-order valence-corrected chi connectivity index (χ2v) is 6.35. The van der Waals surface area contributed by atoms with Gasteiger partial charge in [-0.05, 0) is 43.2 Å². The molecule has 0 saturated carbocycles. The number of methoxy groups -OCH3 is 1. The molecule has 0 radical (unpaired) electrons. The summed E-state index contributed by atoms with van der Waals surface area (Å²) in [4.78, 5) is 23.9. The highest BCUT2D eigenvalue weighted by Crippen LogP contribution is 2.24. The molecule has 0 aliphatic rings. The van der Waals surface area contributed by atoms with Gasteiger partial charge in [-0.15, -0.1) is 0 Å². The summed E-state index contributed by atoms with van der Waals surface area (Å²) in [5, 5.41) is 9.57. The first-order valence-corrected chi connectivity index (χ1v) is 9.20. The van der Waals surface area contributed by atoms with Crippen molar-refractivity contribution in [1.29, 1.82) is 0 Å². The van der Waals surface area contributed by atoms with Gasteiger partial charge in [0.15, 0.2) is 18.0 Å². The van der Waals surface area contributed by atoms with Gasteiger partial charge in [-0.1, -0.05) is 31.2 Å². The molecular weight excluding hydrogens is 360 g/mol. The highest BCUT2D eigenvalue weighted by Gasteiger charge is 2.37. The van der Waals surface area contributed by atoms with E-state index in [1.54, 1.807) is 69.5 Å². The number of carboxylic acid groups (broad SMARTS) is 1. The Balaban J connectivity index is 2.00. The van der Waals surface area contributed by atoms with Crippen molar-refractivity contribution in [1.82, 2.24) is 0 Å². The van der Waals surface area contributed by atoms with Crippen LogP contribution in [0.5, 0.6) is 11.5 Å². The zero-order chi connectivity index (χ0) is 20.6. The van der Waals surface area contributed by atoms with E-state index in [9.17, 15) is 14.7 Å². The highest BCUT2D eigenvalue weighted by atomic mass is 16.5. The molecule has 1 unspecified atom stereocenters. The summed E-state index contributed by atoms with van der Waals surface area (Å²) in [5.41, 5.74) is 0.102. The lowest BCUT2D eigenvalue weighted by Crippen LogP contribution is -2.43. The van der Waals surface area contributed by atoms with Crippen LogP contribution in [0.2, 0.25) is 0 Å². The molecule has 2 rings (SSSR count). The predicted molar refractivity (Wildman–Crippen MR) is 105 cm³/mol. The third-order valence-corrected chi connectivity index (χ3v) is 4.56. The average Bonchev–Trinajstić information content (AvgIpc) is 2.72. The summed E-state index contributed by atoms with van der Waals surface area (Å²) >= 11 is 0. The highest BCUT2D eigenvalue weighted by molar-refractivity contribution is 5.97. The molecule has 150 valence electrons. The van der Waals surface area contributed by atoms with E-state index in [2.05, 4.69) is 0 Å². The van der Waals surface area contributed by atoms with Crippen LogP contribution in [0.15, 0.2) is 48.5 Å². The van der Waals surface area contributed by atoms with Crippen LogP contribution in [0.1, 0.15) is 36.2 Å². The number of ketones is 1. The number of hydrogen-bond acceptors (Lipinski definition) is 5. The molecule has 6 heteroatoms. The van der Waals surface area contributed by atoms with Crippen molar-refractivity contribution in [3.63, 3.8) is 0 Å². The molecule has 0 aromatic heterocycles. The van der Waals surface area contributed by atoms with Crippen LogP contribution < -0.4 is 9.47 Å². The molecule has 0 fully saturated rings. The summed E-state index contributed by atoms with van der Waals surface area (Å²) in [6.45, 7) is 3.81. The molecule has 1 atom stereocenters. The number of Topliss-reactive ketones (excluding diaryl/α,β-unsaturated/α-hetero) is 1. The third-order valence-electron chi connectivity index (χ3n) is 4.56. The van der Waals surface area contributed by atoms with E-state index in [1.165, 1.54) is 0 Å². The summed E-state index contributed by atoms with van der Waals surface area (Å²) in [6, 6.07) is 13.9. The summed E-state index contributed by atoms with van der Waals surface area (Å²) in [6.07, 6.45) is 0.624. The van der Waals surface area contributed by atoms with Crippen LogP contribution in [0.25, 0.3) is 0 Å². The number of carbonyl (C=O) groups is 2. The van der Waals surface area contributed by atoms with E-state index < -0.39 is 11.6 Å². The maximum atomic E-state index is 12.3. The first kappa shape index (κ1) is 21.4. The zero-order valence-electron chi connectivity index (χ0n) is 16.4. The van der Waals surface area contributed by atoms with Crippen molar-refractivity contribution in [3.8, 4) is 11.5 Å². The Labute approximate surface area is 165 Å². The minimum absolute atomic E-state index is 0.0977. The van der Waals surface area contributed by atoms with E-state index in [0.29, 0.717) is 30.1 Å². The first-order valence-electron chi connectivity index (χ1n) is 9.20. The molecule has 0 bridgehead atoms. The molecule has 28 heavy (non-hydrogen) atoms. The molecule has 6 nitrogen and oxygen atoms in total. The van der Waals surface area contributed by atoms with Crippen molar-refractivity contribution < 1.29 is 28.9 Å². The van der Waals surface area contributed by atoms with Crippen LogP contribution in [0.4, 0.5) is 0 Å². The van der Waals surface area contributed by atoms with Gasteiger partial charge in [0.2, 0.25) is 0 Å². The Morgan fingerprint density at radius 1 is 1.04 bits per heavy atom. The molecule has 1 N–H and O–H groups in total. The fourth-order valence-corrected chi connectivity index (χ4v) is 2.90. The van der Waals surface area contributed by atoms with Gasteiger partial charge in [0.05, 0.1) is 7.11 Å². The molecule has 0 saturated heterocycles. The van der Waals surface area contributed by atoms with Crippen LogP contribution in [-0.2, 0) is 16.0 Å². The number of carboxylic acids is 1. The van der Waals surface area contributed by atoms with E-state index in [1.807, 2.05) is 0 Å². The van der Waals surface area contributed by atoms with Crippen molar-refractivity contribution in [2.75, 3.05) is 20.3 Å². The van der Waals surface area contributed by atoms with E-state index in [0.717, 1.165) is 5.56 Å². The molecule has 0 aliphatic heterocycles. The Kier molecular flexibility index (Phi) is 7.58. The van der Waals surface area contributed by atoms with Gasteiger partial charge in [0, 0.05) is 18.6 Å².